The Kier molecular flexibility index (Phi) is 4.64. The summed E-state index contributed by atoms with van der Waals surface area (Å²) in [7, 11) is 1.96. The van der Waals surface area contributed by atoms with Crippen molar-refractivity contribution in [1.29, 1.82) is 0 Å². The van der Waals surface area contributed by atoms with Crippen molar-refractivity contribution >= 4 is 5.91 Å². The predicted octanol–water partition coefficient (Wildman–Crippen LogP) is 1.80. The molecule has 1 unspecified atom stereocenters. The number of hydrogen-bond donors (Lipinski definition) is 1. The summed E-state index contributed by atoms with van der Waals surface area (Å²) in [4.78, 5) is 14.5. The highest BCUT2D eigenvalue weighted by Crippen LogP contribution is 2.15. The Balaban J connectivity index is 2.04. The van der Waals surface area contributed by atoms with Gasteiger partial charge < -0.3 is 14.8 Å². The van der Waals surface area contributed by atoms with Crippen molar-refractivity contribution in [1.82, 2.24) is 14.8 Å². The Morgan fingerprint density at radius 2 is 2.32 bits per heavy atom. The number of hydrogen-bond acceptors (Lipinski definition) is 2. The summed E-state index contributed by atoms with van der Waals surface area (Å²) in [6.45, 7) is 7.89. The highest BCUT2D eigenvalue weighted by atomic mass is 16.2. The van der Waals surface area contributed by atoms with E-state index in [0.29, 0.717) is 5.92 Å². The van der Waals surface area contributed by atoms with Crippen molar-refractivity contribution in [3.63, 3.8) is 0 Å². The van der Waals surface area contributed by atoms with Crippen LogP contribution < -0.4 is 5.32 Å². The van der Waals surface area contributed by atoms with E-state index in [2.05, 4.69) is 12.2 Å². The highest BCUT2D eigenvalue weighted by Gasteiger charge is 2.22. The number of carbonyl (C=O) groups is 1. The van der Waals surface area contributed by atoms with Crippen molar-refractivity contribution in [2.75, 3.05) is 26.2 Å². The Hall–Kier alpha value is -1.29. The van der Waals surface area contributed by atoms with Crippen LogP contribution in [0.25, 0.3) is 0 Å². The largest absolute Gasteiger partial charge is 0.344 e. The molecular weight excluding hydrogens is 238 g/mol. The molecule has 1 N–H and O–H groups in total. The van der Waals surface area contributed by atoms with Crippen molar-refractivity contribution in [3.05, 3.63) is 23.5 Å². The zero-order valence-corrected chi connectivity index (χ0v) is 12.3. The first-order valence-electron chi connectivity index (χ1n) is 7.25. The van der Waals surface area contributed by atoms with Crippen molar-refractivity contribution in [3.8, 4) is 0 Å². The van der Waals surface area contributed by atoms with Gasteiger partial charge in [0.25, 0.3) is 5.91 Å². The molecule has 1 aliphatic heterocycles. The first kappa shape index (κ1) is 14.1. The molecule has 4 nitrogen and oxygen atoms in total. The lowest BCUT2D eigenvalue weighted by Gasteiger charge is -2.29. The lowest BCUT2D eigenvalue weighted by atomic mass is 9.99. The topological polar surface area (TPSA) is 37.3 Å². The van der Waals surface area contributed by atoms with E-state index in [1.54, 1.807) is 0 Å². The summed E-state index contributed by atoms with van der Waals surface area (Å²) in [5.74, 6) is 0.752. The Labute approximate surface area is 115 Å². The molecule has 0 aliphatic carbocycles. The van der Waals surface area contributed by atoms with Gasteiger partial charge in [-0.05, 0) is 57.8 Å². The van der Waals surface area contributed by atoms with Gasteiger partial charge in [0.1, 0.15) is 5.69 Å². The third-order valence-corrected chi connectivity index (χ3v) is 4.14. The van der Waals surface area contributed by atoms with Gasteiger partial charge >= 0.3 is 0 Å². The number of aryl methyl sites for hydroxylation is 1. The lowest BCUT2D eigenvalue weighted by molar-refractivity contribution is 0.0719. The van der Waals surface area contributed by atoms with Gasteiger partial charge in [0, 0.05) is 25.8 Å². The van der Waals surface area contributed by atoms with E-state index >= 15 is 0 Å². The Morgan fingerprint density at radius 1 is 1.53 bits per heavy atom. The molecule has 0 radical (unpaired) electrons. The molecule has 0 bridgehead atoms. The quantitative estimate of drug-likeness (QED) is 0.899. The van der Waals surface area contributed by atoms with Crippen molar-refractivity contribution in [2.24, 2.45) is 13.0 Å². The number of aromatic nitrogens is 1. The second kappa shape index (κ2) is 6.24. The molecule has 0 saturated carbocycles. The van der Waals surface area contributed by atoms with Gasteiger partial charge in [0.05, 0.1) is 0 Å². The summed E-state index contributed by atoms with van der Waals surface area (Å²) in [5, 5.41) is 3.42. The van der Waals surface area contributed by atoms with E-state index < -0.39 is 0 Å². The average Bonchev–Trinajstić information content (AvgIpc) is 2.77. The zero-order chi connectivity index (χ0) is 13.8. The smallest absolute Gasteiger partial charge is 0.270 e. The van der Waals surface area contributed by atoms with E-state index in [1.165, 1.54) is 12.8 Å². The van der Waals surface area contributed by atoms with Crippen LogP contribution in [0.4, 0.5) is 0 Å². The second-order valence-corrected chi connectivity index (χ2v) is 5.48. The molecule has 106 valence electrons. The number of nitrogens with zero attached hydrogens (tertiary/aromatic N) is 2. The second-order valence-electron chi connectivity index (χ2n) is 5.48. The molecule has 1 atom stereocenters. The maximum atomic E-state index is 12.6. The highest BCUT2D eigenvalue weighted by molar-refractivity contribution is 5.93. The van der Waals surface area contributed by atoms with E-state index in [4.69, 9.17) is 0 Å². The maximum Gasteiger partial charge on any atom is 0.270 e. The number of piperidine rings is 1. The van der Waals surface area contributed by atoms with Crippen molar-refractivity contribution < 1.29 is 4.79 Å². The third kappa shape index (κ3) is 3.18. The molecule has 4 heteroatoms. The van der Waals surface area contributed by atoms with Crippen LogP contribution in [0, 0.1) is 12.8 Å². The number of carbonyl (C=O) groups excluding carboxylic acids is 1. The fraction of sp³-hybridized carbons (Fsp3) is 0.667. The maximum absolute atomic E-state index is 12.6. The molecule has 1 aromatic heterocycles. The monoisotopic (exact) mass is 263 g/mol. The summed E-state index contributed by atoms with van der Waals surface area (Å²) in [5.41, 5.74) is 1.92. The minimum Gasteiger partial charge on any atom is -0.344 e. The van der Waals surface area contributed by atoms with Gasteiger partial charge in [-0.1, -0.05) is 0 Å². The molecule has 1 amide bonds. The third-order valence-electron chi connectivity index (χ3n) is 4.14. The van der Waals surface area contributed by atoms with E-state index in [1.807, 2.05) is 35.6 Å². The first-order chi connectivity index (χ1) is 9.13. The molecule has 2 heterocycles. The molecule has 0 spiro atoms. The van der Waals surface area contributed by atoms with Gasteiger partial charge in [0.15, 0.2) is 0 Å². The standard InChI is InChI=1S/C15H25N3O/c1-4-18(11-13-6-5-9-16-10-13)15(19)14-8-7-12(2)17(14)3/h7-8,13,16H,4-6,9-11H2,1-3H3. The molecule has 1 fully saturated rings. The summed E-state index contributed by atoms with van der Waals surface area (Å²) in [6.07, 6.45) is 2.45. The van der Waals surface area contributed by atoms with Crippen LogP contribution in [-0.4, -0.2) is 41.6 Å². The number of rotatable bonds is 4. The van der Waals surface area contributed by atoms with Crippen LogP contribution in [0.15, 0.2) is 12.1 Å². The number of nitrogens with one attached hydrogen (secondary N) is 1. The SMILES string of the molecule is CCN(CC1CCCNC1)C(=O)c1ccc(C)n1C. The fourth-order valence-corrected chi connectivity index (χ4v) is 2.74. The van der Waals surface area contributed by atoms with Crippen LogP contribution >= 0.6 is 0 Å². The van der Waals surface area contributed by atoms with Gasteiger partial charge in [-0.15, -0.1) is 0 Å². The number of amides is 1. The minimum absolute atomic E-state index is 0.156. The zero-order valence-electron chi connectivity index (χ0n) is 12.3. The summed E-state index contributed by atoms with van der Waals surface area (Å²) >= 11 is 0. The molecule has 19 heavy (non-hydrogen) atoms. The van der Waals surface area contributed by atoms with Gasteiger partial charge in [-0.3, -0.25) is 4.79 Å². The van der Waals surface area contributed by atoms with Crippen LogP contribution in [-0.2, 0) is 7.05 Å². The molecule has 0 aromatic carbocycles. The van der Waals surface area contributed by atoms with Crippen molar-refractivity contribution in [2.45, 2.75) is 26.7 Å². The molecule has 2 rings (SSSR count). The average molecular weight is 263 g/mol. The van der Waals surface area contributed by atoms with Crippen LogP contribution in [0.2, 0.25) is 0 Å². The van der Waals surface area contributed by atoms with Gasteiger partial charge in [0.2, 0.25) is 0 Å². The van der Waals surface area contributed by atoms with Crippen LogP contribution in [0.5, 0.6) is 0 Å². The summed E-state index contributed by atoms with van der Waals surface area (Å²) < 4.78 is 1.98. The molecule has 1 saturated heterocycles. The van der Waals surface area contributed by atoms with E-state index in [-0.39, 0.29) is 5.91 Å². The van der Waals surface area contributed by atoms with E-state index in [9.17, 15) is 4.79 Å². The first-order valence-corrected chi connectivity index (χ1v) is 7.25. The lowest BCUT2D eigenvalue weighted by Crippen LogP contribution is -2.41. The normalized spacial score (nSPS) is 19.4. The molecule has 1 aromatic rings. The molecule has 1 aliphatic rings. The van der Waals surface area contributed by atoms with Crippen LogP contribution in [0.1, 0.15) is 35.9 Å². The Morgan fingerprint density at radius 3 is 2.84 bits per heavy atom. The van der Waals surface area contributed by atoms with Crippen LogP contribution in [0.3, 0.4) is 0 Å². The predicted molar refractivity (Wildman–Crippen MR) is 77.3 cm³/mol. The van der Waals surface area contributed by atoms with E-state index in [0.717, 1.165) is 37.6 Å². The van der Waals surface area contributed by atoms with Gasteiger partial charge in [-0.2, -0.15) is 0 Å². The minimum atomic E-state index is 0.156. The molecular formula is C15H25N3O. The Bertz CT molecular complexity index is 433. The summed E-state index contributed by atoms with van der Waals surface area (Å²) in [6, 6.07) is 3.93. The van der Waals surface area contributed by atoms with Gasteiger partial charge in [-0.25, -0.2) is 0 Å². The fourth-order valence-electron chi connectivity index (χ4n) is 2.74.